The quantitative estimate of drug-likeness (QED) is 0.837. The highest BCUT2D eigenvalue weighted by Crippen LogP contribution is 2.23. The molecule has 0 aliphatic heterocycles. The Bertz CT molecular complexity index is 502. The van der Waals surface area contributed by atoms with Crippen LogP contribution in [0.3, 0.4) is 0 Å². The monoisotopic (exact) mass is 335 g/mol. The summed E-state index contributed by atoms with van der Waals surface area (Å²) in [6, 6.07) is 4.86. The molecular weight excluding hydrogens is 318 g/mol. The molecule has 0 heterocycles. The summed E-state index contributed by atoms with van der Waals surface area (Å²) in [7, 11) is -3.55. The van der Waals surface area contributed by atoms with Crippen molar-refractivity contribution in [3.8, 4) is 0 Å². The number of sulfonamides is 1. The SMILES string of the molecule is CCC(CCO)NS(=O)(=O)c1ccc(C)cc1Br. The summed E-state index contributed by atoms with van der Waals surface area (Å²) in [4.78, 5) is 0.226. The second-order valence-electron chi connectivity index (χ2n) is 4.17. The molecule has 1 atom stereocenters. The maximum atomic E-state index is 12.2. The van der Waals surface area contributed by atoms with Crippen LogP contribution in [0.1, 0.15) is 25.3 Å². The Morgan fingerprint density at radius 1 is 1.44 bits per heavy atom. The van der Waals surface area contributed by atoms with Crippen molar-refractivity contribution in [2.45, 2.75) is 37.6 Å². The van der Waals surface area contributed by atoms with Crippen LogP contribution in [0.2, 0.25) is 0 Å². The van der Waals surface area contributed by atoms with Crippen molar-refractivity contribution in [1.82, 2.24) is 4.72 Å². The summed E-state index contributed by atoms with van der Waals surface area (Å²) in [5.41, 5.74) is 0.989. The summed E-state index contributed by atoms with van der Waals surface area (Å²) in [5, 5.41) is 8.88. The Balaban J connectivity index is 2.99. The fraction of sp³-hybridized carbons (Fsp3) is 0.500. The van der Waals surface area contributed by atoms with Crippen LogP contribution in [0.15, 0.2) is 27.6 Å². The summed E-state index contributed by atoms with van der Waals surface area (Å²) < 4.78 is 27.5. The standard InChI is InChI=1S/C12H18BrNO3S/c1-3-10(6-7-15)14-18(16,17)12-5-4-9(2)8-11(12)13/h4-5,8,10,14-15H,3,6-7H2,1-2H3. The molecule has 0 saturated carbocycles. The van der Waals surface area contributed by atoms with E-state index < -0.39 is 10.0 Å². The van der Waals surface area contributed by atoms with Crippen molar-refractivity contribution >= 4 is 26.0 Å². The van der Waals surface area contributed by atoms with Crippen LogP contribution >= 0.6 is 15.9 Å². The van der Waals surface area contributed by atoms with Gasteiger partial charge < -0.3 is 5.11 Å². The van der Waals surface area contributed by atoms with Crippen LogP contribution < -0.4 is 4.72 Å². The zero-order valence-electron chi connectivity index (χ0n) is 10.5. The van der Waals surface area contributed by atoms with Crippen molar-refractivity contribution in [2.75, 3.05) is 6.61 Å². The second kappa shape index (κ2) is 6.65. The number of benzene rings is 1. The first-order valence-corrected chi connectivity index (χ1v) is 8.07. The van der Waals surface area contributed by atoms with E-state index in [9.17, 15) is 8.42 Å². The third kappa shape index (κ3) is 4.05. The minimum Gasteiger partial charge on any atom is -0.396 e. The number of aliphatic hydroxyl groups is 1. The fourth-order valence-electron chi connectivity index (χ4n) is 1.61. The lowest BCUT2D eigenvalue weighted by Gasteiger charge is -2.16. The van der Waals surface area contributed by atoms with E-state index in [-0.39, 0.29) is 17.5 Å². The number of hydrogen-bond acceptors (Lipinski definition) is 3. The average molecular weight is 336 g/mol. The molecule has 0 aliphatic carbocycles. The van der Waals surface area contributed by atoms with Crippen LogP contribution in [0.5, 0.6) is 0 Å². The van der Waals surface area contributed by atoms with Crippen molar-refractivity contribution in [3.63, 3.8) is 0 Å². The lowest BCUT2D eigenvalue weighted by atomic mass is 10.2. The van der Waals surface area contributed by atoms with Crippen LogP contribution in [0, 0.1) is 6.92 Å². The topological polar surface area (TPSA) is 66.4 Å². The smallest absolute Gasteiger partial charge is 0.241 e. The van der Waals surface area contributed by atoms with E-state index in [0.29, 0.717) is 17.3 Å². The predicted molar refractivity (Wildman–Crippen MR) is 75.0 cm³/mol. The van der Waals surface area contributed by atoms with Crippen LogP contribution in [0.4, 0.5) is 0 Å². The Kier molecular flexibility index (Phi) is 5.78. The minimum absolute atomic E-state index is 0.0317. The summed E-state index contributed by atoms with van der Waals surface area (Å²) in [5.74, 6) is 0. The summed E-state index contributed by atoms with van der Waals surface area (Å²) in [6.45, 7) is 3.75. The highest BCUT2D eigenvalue weighted by molar-refractivity contribution is 9.10. The highest BCUT2D eigenvalue weighted by Gasteiger charge is 2.21. The molecule has 0 bridgehead atoms. The fourth-order valence-corrected chi connectivity index (χ4v) is 4.15. The Labute approximate surface area is 117 Å². The molecule has 0 amide bonds. The Morgan fingerprint density at radius 2 is 2.11 bits per heavy atom. The number of hydrogen-bond donors (Lipinski definition) is 2. The number of rotatable bonds is 6. The van der Waals surface area contributed by atoms with Gasteiger partial charge in [-0.1, -0.05) is 13.0 Å². The molecule has 18 heavy (non-hydrogen) atoms. The molecular formula is C12H18BrNO3S. The third-order valence-electron chi connectivity index (χ3n) is 2.67. The van der Waals surface area contributed by atoms with Gasteiger partial charge in [-0.3, -0.25) is 0 Å². The molecule has 1 unspecified atom stereocenters. The Hall–Kier alpha value is -0.430. The lowest BCUT2D eigenvalue weighted by molar-refractivity contribution is 0.270. The summed E-state index contributed by atoms with van der Waals surface area (Å²) in [6.07, 6.45) is 1.06. The molecule has 1 aromatic rings. The summed E-state index contributed by atoms with van der Waals surface area (Å²) >= 11 is 3.27. The zero-order chi connectivity index (χ0) is 13.8. The molecule has 6 heteroatoms. The van der Waals surface area contributed by atoms with Gasteiger partial charge in [-0.05, 0) is 53.4 Å². The van der Waals surface area contributed by atoms with Gasteiger partial charge in [0.15, 0.2) is 0 Å². The number of nitrogens with one attached hydrogen (secondary N) is 1. The van der Waals surface area contributed by atoms with E-state index in [0.717, 1.165) is 5.56 Å². The van der Waals surface area contributed by atoms with Gasteiger partial charge in [0.05, 0.1) is 4.90 Å². The molecule has 4 nitrogen and oxygen atoms in total. The molecule has 1 aromatic carbocycles. The van der Waals surface area contributed by atoms with Gasteiger partial charge in [0.1, 0.15) is 0 Å². The second-order valence-corrected chi connectivity index (χ2v) is 6.71. The van der Waals surface area contributed by atoms with Crippen LogP contribution in [0.25, 0.3) is 0 Å². The predicted octanol–water partition coefficient (Wildman–Crippen LogP) is 2.20. The van der Waals surface area contributed by atoms with E-state index in [1.165, 1.54) is 0 Å². The molecule has 0 aliphatic rings. The number of aliphatic hydroxyl groups excluding tert-OH is 1. The van der Waals surface area contributed by atoms with Gasteiger partial charge >= 0.3 is 0 Å². The van der Waals surface area contributed by atoms with Crippen molar-refractivity contribution < 1.29 is 13.5 Å². The largest absolute Gasteiger partial charge is 0.396 e. The molecule has 0 saturated heterocycles. The molecule has 102 valence electrons. The van der Waals surface area contributed by atoms with E-state index in [4.69, 9.17) is 5.11 Å². The van der Waals surface area contributed by atoms with Crippen molar-refractivity contribution in [3.05, 3.63) is 28.2 Å². The lowest BCUT2D eigenvalue weighted by Crippen LogP contribution is -2.35. The van der Waals surface area contributed by atoms with Crippen LogP contribution in [-0.4, -0.2) is 26.2 Å². The zero-order valence-corrected chi connectivity index (χ0v) is 12.9. The van der Waals surface area contributed by atoms with Crippen molar-refractivity contribution in [1.29, 1.82) is 0 Å². The Morgan fingerprint density at radius 3 is 2.61 bits per heavy atom. The first kappa shape index (κ1) is 15.6. The van der Waals surface area contributed by atoms with E-state index in [1.54, 1.807) is 18.2 Å². The molecule has 0 fully saturated rings. The van der Waals surface area contributed by atoms with Gasteiger partial charge in [0.2, 0.25) is 10.0 Å². The van der Waals surface area contributed by atoms with E-state index in [1.807, 2.05) is 13.8 Å². The minimum atomic E-state index is -3.55. The van der Waals surface area contributed by atoms with Gasteiger partial charge in [-0.2, -0.15) is 0 Å². The van der Waals surface area contributed by atoms with Gasteiger partial charge in [-0.25, -0.2) is 13.1 Å². The van der Waals surface area contributed by atoms with Gasteiger partial charge in [0, 0.05) is 17.1 Å². The average Bonchev–Trinajstić information content (AvgIpc) is 2.27. The first-order valence-electron chi connectivity index (χ1n) is 5.80. The maximum Gasteiger partial charge on any atom is 0.241 e. The highest BCUT2D eigenvalue weighted by atomic mass is 79.9. The maximum absolute atomic E-state index is 12.2. The molecule has 0 spiro atoms. The van der Waals surface area contributed by atoms with Gasteiger partial charge in [-0.15, -0.1) is 0 Å². The number of aryl methyl sites for hydroxylation is 1. The van der Waals surface area contributed by atoms with Crippen LogP contribution in [-0.2, 0) is 10.0 Å². The van der Waals surface area contributed by atoms with Gasteiger partial charge in [0.25, 0.3) is 0 Å². The van der Waals surface area contributed by atoms with E-state index in [2.05, 4.69) is 20.7 Å². The first-order chi connectivity index (χ1) is 8.40. The van der Waals surface area contributed by atoms with Crippen molar-refractivity contribution in [2.24, 2.45) is 0 Å². The van der Waals surface area contributed by atoms with E-state index >= 15 is 0 Å². The molecule has 2 N–H and O–H groups in total. The molecule has 1 rings (SSSR count). The molecule has 0 radical (unpaired) electrons. The normalized spacial score (nSPS) is 13.6. The molecule has 0 aromatic heterocycles. The number of halogens is 1. The third-order valence-corrected chi connectivity index (χ3v) is 5.17.